The molecule has 0 spiro atoms. The van der Waals surface area contributed by atoms with Crippen LogP contribution in [0, 0.1) is 13.8 Å². The summed E-state index contributed by atoms with van der Waals surface area (Å²) in [6.07, 6.45) is 3.04. The number of rotatable bonds is 5. The minimum atomic E-state index is -0.824. The molecule has 0 aliphatic carbocycles. The maximum Gasteiger partial charge on any atom is 0.329 e. The molecule has 0 saturated heterocycles. The van der Waals surface area contributed by atoms with E-state index in [4.69, 9.17) is 4.42 Å². The van der Waals surface area contributed by atoms with E-state index in [1.165, 1.54) is 6.26 Å². The first kappa shape index (κ1) is 17.5. The Morgan fingerprint density at radius 1 is 1.33 bits per heavy atom. The summed E-state index contributed by atoms with van der Waals surface area (Å²) in [4.78, 5) is 23.3. The van der Waals surface area contributed by atoms with Crippen LogP contribution >= 0.6 is 0 Å². The van der Waals surface area contributed by atoms with Crippen molar-refractivity contribution in [2.24, 2.45) is 5.10 Å². The molecule has 128 valence electrons. The van der Waals surface area contributed by atoms with E-state index in [-0.39, 0.29) is 6.54 Å². The van der Waals surface area contributed by atoms with Gasteiger partial charge in [-0.05, 0) is 45.9 Å². The second-order valence-corrected chi connectivity index (χ2v) is 5.75. The molecule has 0 atom stereocenters. The first-order valence-electron chi connectivity index (χ1n) is 7.72. The molecular weight excluding hydrogens is 308 g/mol. The number of furan rings is 1. The summed E-state index contributed by atoms with van der Waals surface area (Å²) in [7, 11) is 0. The molecule has 0 radical (unpaired) electrons. The fourth-order valence-corrected chi connectivity index (χ4v) is 2.60. The smallest absolute Gasteiger partial charge is 0.329 e. The van der Waals surface area contributed by atoms with Crippen LogP contribution in [0.3, 0.4) is 0 Å². The van der Waals surface area contributed by atoms with E-state index < -0.39 is 11.8 Å². The van der Waals surface area contributed by atoms with Crippen molar-refractivity contribution in [2.75, 3.05) is 0 Å². The molecule has 0 aliphatic heterocycles. The van der Waals surface area contributed by atoms with Crippen molar-refractivity contribution in [1.82, 2.24) is 15.3 Å². The first-order valence-corrected chi connectivity index (χ1v) is 7.72. The zero-order valence-electron chi connectivity index (χ0n) is 14.3. The molecule has 0 unspecified atom stereocenters. The Hall–Kier alpha value is -2.83. The standard InChI is InChI=1S/C17H22N4O3/c1-11(2)21-12(3)8-14(13(21)4)9-19-20-17(23)16(22)18-10-15-6-5-7-24-15/h5-9,11H,10H2,1-4H3,(H,18,22)(H,20,23)/b19-9-. The van der Waals surface area contributed by atoms with Crippen molar-refractivity contribution < 1.29 is 14.0 Å². The number of aryl methyl sites for hydroxylation is 1. The van der Waals surface area contributed by atoms with Crippen LogP contribution in [0.15, 0.2) is 34.0 Å². The molecule has 2 N–H and O–H groups in total. The molecule has 0 fully saturated rings. The van der Waals surface area contributed by atoms with Gasteiger partial charge in [0, 0.05) is 23.0 Å². The third-order valence-electron chi connectivity index (χ3n) is 3.62. The largest absolute Gasteiger partial charge is 0.467 e. The van der Waals surface area contributed by atoms with Crippen LogP contribution < -0.4 is 10.7 Å². The zero-order valence-corrected chi connectivity index (χ0v) is 14.3. The molecule has 2 aromatic rings. The highest BCUT2D eigenvalue weighted by Gasteiger charge is 2.13. The summed E-state index contributed by atoms with van der Waals surface area (Å²) in [5.74, 6) is -1.02. The summed E-state index contributed by atoms with van der Waals surface area (Å²) in [6, 6.07) is 5.75. The molecule has 7 nitrogen and oxygen atoms in total. The van der Waals surface area contributed by atoms with Gasteiger partial charge in [0.05, 0.1) is 19.0 Å². The number of carbonyl (C=O) groups is 2. The highest BCUT2D eigenvalue weighted by atomic mass is 16.3. The van der Waals surface area contributed by atoms with Crippen molar-refractivity contribution in [3.8, 4) is 0 Å². The summed E-state index contributed by atoms with van der Waals surface area (Å²) >= 11 is 0. The SMILES string of the molecule is Cc1cc(/C=N\NC(=O)C(=O)NCc2ccco2)c(C)n1C(C)C. The number of carbonyl (C=O) groups excluding carboxylic acids is 2. The first-order chi connectivity index (χ1) is 11.4. The molecule has 7 heteroatoms. The number of hydrogen-bond acceptors (Lipinski definition) is 4. The minimum Gasteiger partial charge on any atom is -0.467 e. The molecule has 2 heterocycles. The summed E-state index contributed by atoms with van der Waals surface area (Å²) in [5.41, 5.74) is 5.30. The van der Waals surface area contributed by atoms with Gasteiger partial charge in [-0.1, -0.05) is 0 Å². The predicted octanol–water partition coefficient (Wildman–Crippen LogP) is 2.05. The normalized spacial score (nSPS) is 11.2. The highest BCUT2D eigenvalue weighted by Crippen LogP contribution is 2.18. The van der Waals surface area contributed by atoms with Gasteiger partial charge in [0.25, 0.3) is 0 Å². The van der Waals surface area contributed by atoms with Gasteiger partial charge in [0.15, 0.2) is 0 Å². The maximum absolute atomic E-state index is 11.7. The molecule has 24 heavy (non-hydrogen) atoms. The molecule has 2 amide bonds. The average Bonchev–Trinajstić information content (AvgIpc) is 3.13. The quantitative estimate of drug-likeness (QED) is 0.499. The van der Waals surface area contributed by atoms with Gasteiger partial charge in [-0.15, -0.1) is 0 Å². The van der Waals surface area contributed by atoms with Crippen molar-refractivity contribution >= 4 is 18.0 Å². The van der Waals surface area contributed by atoms with Gasteiger partial charge < -0.3 is 14.3 Å². The van der Waals surface area contributed by atoms with Crippen LogP contribution in [-0.4, -0.2) is 22.6 Å². The zero-order chi connectivity index (χ0) is 17.7. The van der Waals surface area contributed by atoms with Crippen LogP contribution in [0.25, 0.3) is 0 Å². The predicted molar refractivity (Wildman–Crippen MR) is 90.6 cm³/mol. The lowest BCUT2D eigenvalue weighted by Gasteiger charge is -2.13. The van der Waals surface area contributed by atoms with Gasteiger partial charge in [0.2, 0.25) is 0 Å². The van der Waals surface area contributed by atoms with E-state index >= 15 is 0 Å². The van der Waals surface area contributed by atoms with E-state index in [2.05, 4.69) is 34.3 Å². The van der Waals surface area contributed by atoms with Crippen molar-refractivity contribution in [2.45, 2.75) is 40.3 Å². The van der Waals surface area contributed by atoms with Crippen molar-refractivity contribution in [3.05, 3.63) is 47.2 Å². The maximum atomic E-state index is 11.7. The number of nitrogens with one attached hydrogen (secondary N) is 2. The Kier molecular flexibility index (Phi) is 5.57. The Labute approximate surface area is 140 Å². The average molecular weight is 330 g/mol. The van der Waals surface area contributed by atoms with Crippen molar-refractivity contribution in [3.63, 3.8) is 0 Å². The number of nitrogens with zero attached hydrogens (tertiary/aromatic N) is 2. The summed E-state index contributed by atoms with van der Waals surface area (Å²) in [5, 5.41) is 6.31. The topological polar surface area (TPSA) is 88.6 Å². The van der Waals surface area contributed by atoms with Crippen LogP contribution in [0.4, 0.5) is 0 Å². The minimum absolute atomic E-state index is 0.151. The number of hydrogen-bond donors (Lipinski definition) is 2. The molecule has 0 bridgehead atoms. The van der Waals surface area contributed by atoms with Gasteiger partial charge in [-0.2, -0.15) is 5.10 Å². The lowest BCUT2D eigenvalue weighted by atomic mass is 10.2. The Bertz CT molecular complexity index is 742. The Morgan fingerprint density at radius 2 is 2.08 bits per heavy atom. The molecule has 0 aliphatic rings. The van der Waals surface area contributed by atoms with E-state index in [1.807, 2.05) is 19.9 Å². The van der Waals surface area contributed by atoms with Crippen molar-refractivity contribution in [1.29, 1.82) is 0 Å². The molecule has 2 aromatic heterocycles. The fourth-order valence-electron chi connectivity index (χ4n) is 2.60. The fraction of sp³-hybridized carbons (Fsp3) is 0.353. The van der Waals surface area contributed by atoms with Crippen LogP contribution in [0.5, 0.6) is 0 Å². The van der Waals surface area contributed by atoms with E-state index in [0.717, 1.165) is 17.0 Å². The molecule has 2 rings (SSSR count). The molecular formula is C17H22N4O3. The monoisotopic (exact) mass is 330 g/mol. The Balaban J connectivity index is 1.90. The summed E-state index contributed by atoms with van der Waals surface area (Å²) < 4.78 is 7.25. The van der Waals surface area contributed by atoms with E-state index in [9.17, 15) is 9.59 Å². The lowest BCUT2D eigenvalue weighted by molar-refractivity contribution is -0.139. The number of aromatic nitrogens is 1. The van der Waals surface area contributed by atoms with Gasteiger partial charge in [0.1, 0.15) is 5.76 Å². The molecule has 0 aromatic carbocycles. The van der Waals surface area contributed by atoms with Gasteiger partial charge in [-0.25, -0.2) is 5.43 Å². The second kappa shape index (κ2) is 7.63. The van der Waals surface area contributed by atoms with Gasteiger partial charge in [-0.3, -0.25) is 9.59 Å². The third-order valence-corrected chi connectivity index (χ3v) is 3.62. The highest BCUT2D eigenvalue weighted by molar-refractivity contribution is 6.35. The van der Waals surface area contributed by atoms with Crippen LogP contribution in [-0.2, 0) is 16.1 Å². The number of amides is 2. The lowest BCUT2D eigenvalue weighted by Crippen LogP contribution is -2.37. The summed E-state index contributed by atoms with van der Waals surface area (Å²) in [6.45, 7) is 8.37. The molecule has 0 saturated carbocycles. The van der Waals surface area contributed by atoms with Crippen LogP contribution in [0.1, 0.15) is 42.6 Å². The van der Waals surface area contributed by atoms with Gasteiger partial charge >= 0.3 is 11.8 Å². The van der Waals surface area contributed by atoms with E-state index in [1.54, 1.807) is 18.3 Å². The van der Waals surface area contributed by atoms with Crippen LogP contribution in [0.2, 0.25) is 0 Å². The second-order valence-electron chi connectivity index (χ2n) is 5.75. The number of hydrazone groups is 1. The van der Waals surface area contributed by atoms with E-state index in [0.29, 0.717) is 11.8 Å². The Morgan fingerprint density at radius 3 is 2.67 bits per heavy atom. The third kappa shape index (κ3) is 4.13.